The average Bonchev–Trinajstić information content (AvgIpc) is 3.25. The minimum Gasteiger partial charge on any atom is -0.493 e. The highest BCUT2D eigenvalue weighted by molar-refractivity contribution is 7.13. The molecule has 0 bridgehead atoms. The number of rotatable bonds is 8. The maximum atomic E-state index is 13.1. The van der Waals surface area contributed by atoms with Crippen molar-refractivity contribution in [3.05, 3.63) is 71.0 Å². The van der Waals surface area contributed by atoms with Gasteiger partial charge in [0, 0.05) is 31.1 Å². The molecule has 1 saturated heterocycles. The summed E-state index contributed by atoms with van der Waals surface area (Å²) in [5.41, 5.74) is 2.85. The van der Waals surface area contributed by atoms with Crippen LogP contribution in [-0.4, -0.2) is 41.5 Å². The normalized spacial score (nSPS) is 14.9. The second-order valence-electron chi connectivity index (χ2n) is 7.99. The van der Waals surface area contributed by atoms with E-state index in [0.29, 0.717) is 6.61 Å². The molecule has 0 radical (unpaired) electrons. The predicted molar refractivity (Wildman–Crippen MR) is 125 cm³/mol. The van der Waals surface area contributed by atoms with Gasteiger partial charge in [-0.05, 0) is 49.6 Å². The van der Waals surface area contributed by atoms with Crippen LogP contribution in [0.2, 0.25) is 0 Å². The molecule has 1 aliphatic rings. The Morgan fingerprint density at radius 3 is 2.69 bits per heavy atom. The second-order valence-corrected chi connectivity index (χ2v) is 8.85. The number of carbonyl (C=O) groups excluding carboxylic acids is 1. The van der Waals surface area contributed by atoms with E-state index in [0.717, 1.165) is 60.1 Å². The van der Waals surface area contributed by atoms with Crippen molar-refractivity contribution in [2.45, 2.75) is 38.8 Å². The first-order chi connectivity index (χ1) is 15.6. The number of nitrogens with one attached hydrogen (secondary N) is 1. The lowest BCUT2D eigenvalue weighted by Crippen LogP contribution is -2.44. The number of ether oxygens (including phenoxy) is 1. The number of halogens is 1. The molecule has 4 rings (SSSR count). The summed E-state index contributed by atoms with van der Waals surface area (Å²) in [7, 11) is 0. The Kier molecular flexibility index (Phi) is 7.50. The van der Waals surface area contributed by atoms with Crippen molar-refractivity contribution >= 4 is 17.2 Å². The molecule has 2 heterocycles. The number of nitrogens with zero attached hydrogens (tertiary/aromatic N) is 2. The summed E-state index contributed by atoms with van der Waals surface area (Å²) in [4.78, 5) is 19.6. The van der Waals surface area contributed by atoms with Crippen molar-refractivity contribution < 1.29 is 13.9 Å². The fourth-order valence-corrected chi connectivity index (χ4v) is 4.81. The molecule has 0 unspecified atom stereocenters. The van der Waals surface area contributed by atoms with Crippen LogP contribution in [0.5, 0.6) is 5.75 Å². The third kappa shape index (κ3) is 5.93. The van der Waals surface area contributed by atoms with Crippen LogP contribution < -0.4 is 10.1 Å². The molecular formula is C25H28FN3O2S. The van der Waals surface area contributed by atoms with Gasteiger partial charge in [0.1, 0.15) is 16.6 Å². The summed E-state index contributed by atoms with van der Waals surface area (Å²) in [6, 6.07) is 14.7. The van der Waals surface area contributed by atoms with Crippen molar-refractivity contribution in [2.75, 3.05) is 19.7 Å². The predicted octanol–water partition coefficient (Wildman–Crippen LogP) is 4.67. The summed E-state index contributed by atoms with van der Waals surface area (Å²) >= 11 is 1.53. The lowest BCUT2D eigenvalue weighted by atomic mass is 10.0. The summed E-state index contributed by atoms with van der Waals surface area (Å²) in [6.45, 7) is 5.20. The maximum absolute atomic E-state index is 13.1. The fraction of sp³-hybridized carbons (Fsp3) is 0.360. The lowest BCUT2D eigenvalue weighted by molar-refractivity contribution is -0.121. The number of piperidine rings is 1. The number of aromatic nitrogens is 1. The number of benzene rings is 2. The van der Waals surface area contributed by atoms with Crippen LogP contribution in [0.3, 0.4) is 0 Å². The first-order valence-electron chi connectivity index (χ1n) is 11.0. The van der Waals surface area contributed by atoms with Gasteiger partial charge in [-0.2, -0.15) is 0 Å². The van der Waals surface area contributed by atoms with E-state index in [4.69, 9.17) is 4.74 Å². The van der Waals surface area contributed by atoms with Crippen LogP contribution >= 0.6 is 11.3 Å². The highest BCUT2D eigenvalue weighted by Crippen LogP contribution is 2.32. The quantitative estimate of drug-likeness (QED) is 0.539. The van der Waals surface area contributed by atoms with E-state index in [-0.39, 0.29) is 24.2 Å². The zero-order valence-electron chi connectivity index (χ0n) is 18.2. The zero-order valence-corrected chi connectivity index (χ0v) is 19.0. The number of hydrogen-bond acceptors (Lipinski definition) is 5. The molecule has 1 aliphatic heterocycles. The summed E-state index contributed by atoms with van der Waals surface area (Å²) < 4.78 is 18.8. The summed E-state index contributed by atoms with van der Waals surface area (Å²) in [5.74, 6) is 0.616. The van der Waals surface area contributed by atoms with E-state index in [9.17, 15) is 9.18 Å². The van der Waals surface area contributed by atoms with Crippen molar-refractivity contribution in [3.8, 4) is 16.3 Å². The molecule has 32 heavy (non-hydrogen) atoms. The number of likely N-dealkylation sites (tertiary alicyclic amines) is 1. The Labute approximate surface area is 192 Å². The van der Waals surface area contributed by atoms with Crippen LogP contribution in [0.25, 0.3) is 10.6 Å². The third-order valence-corrected chi connectivity index (χ3v) is 6.51. The van der Waals surface area contributed by atoms with Crippen molar-refractivity contribution in [2.24, 2.45) is 0 Å². The molecule has 0 aliphatic carbocycles. The minimum atomic E-state index is -0.207. The molecule has 0 spiro atoms. The van der Waals surface area contributed by atoms with Gasteiger partial charge in [-0.25, -0.2) is 9.37 Å². The average molecular weight is 454 g/mol. The Balaban J connectivity index is 1.26. The molecule has 0 atom stereocenters. The van der Waals surface area contributed by atoms with Gasteiger partial charge >= 0.3 is 0 Å². The van der Waals surface area contributed by atoms with Gasteiger partial charge in [0.2, 0.25) is 5.91 Å². The molecule has 5 nitrogen and oxygen atoms in total. The monoisotopic (exact) mass is 453 g/mol. The Morgan fingerprint density at radius 2 is 1.94 bits per heavy atom. The molecule has 1 amide bonds. The smallest absolute Gasteiger partial charge is 0.226 e. The van der Waals surface area contributed by atoms with Gasteiger partial charge in [0.15, 0.2) is 0 Å². The summed E-state index contributed by atoms with van der Waals surface area (Å²) in [6.07, 6.45) is 2.11. The van der Waals surface area contributed by atoms with E-state index in [1.54, 1.807) is 0 Å². The van der Waals surface area contributed by atoms with Crippen LogP contribution in [0.1, 0.15) is 31.0 Å². The van der Waals surface area contributed by atoms with Gasteiger partial charge in [0.05, 0.1) is 24.3 Å². The number of carbonyl (C=O) groups is 1. The molecule has 0 saturated carbocycles. The Bertz CT molecular complexity index is 1030. The fourth-order valence-electron chi connectivity index (χ4n) is 3.96. The standard InChI is InChI=1S/C25H28FN3O2S/c1-2-31-23-6-4-3-5-22(23)25-28-21(17-32-25)15-24(30)27-20-11-13-29(14-12-20)16-18-7-9-19(26)10-8-18/h3-10,17,20H,2,11-16H2,1H3,(H,27,30). The van der Waals surface area contributed by atoms with Crippen molar-refractivity contribution in [1.82, 2.24) is 15.2 Å². The molecule has 3 aromatic rings. The van der Waals surface area contributed by atoms with Crippen LogP contribution in [0, 0.1) is 5.82 Å². The Morgan fingerprint density at radius 1 is 1.19 bits per heavy atom. The number of para-hydroxylation sites is 1. The van der Waals surface area contributed by atoms with Gasteiger partial charge < -0.3 is 10.1 Å². The zero-order chi connectivity index (χ0) is 22.3. The number of hydrogen-bond donors (Lipinski definition) is 1. The van der Waals surface area contributed by atoms with E-state index in [2.05, 4.69) is 15.2 Å². The SMILES string of the molecule is CCOc1ccccc1-c1nc(CC(=O)NC2CCN(Cc3ccc(F)cc3)CC2)cs1. The topological polar surface area (TPSA) is 54.5 Å². The Hall–Kier alpha value is -2.77. The first-order valence-corrected chi connectivity index (χ1v) is 11.9. The lowest BCUT2D eigenvalue weighted by Gasteiger charge is -2.32. The third-order valence-electron chi connectivity index (χ3n) is 5.58. The minimum absolute atomic E-state index is 0.0110. The van der Waals surface area contributed by atoms with Gasteiger partial charge in [-0.1, -0.05) is 24.3 Å². The first kappa shape index (κ1) is 22.4. The van der Waals surface area contributed by atoms with Crippen molar-refractivity contribution in [1.29, 1.82) is 0 Å². The number of amides is 1. The number of thiazole rings is 1. The summed E-state index contributed by atoms with van der Waals surface area (Å²) in [5, 5.41) is 5.98. The largest absolute Gasteiger partial charge is 0.493 e. The molecule has 1 N–H and O–H groups in total. The molecular weight excluding hydrogens is 425 g/mol. The highest BCUT2D eigenvalue weighted by Gasteiger charge is 2.21. The van der Waals surface area contributed by atoms with Gasteiger partial charge in [-0.15, -0.1) is 11.3 Å². The molecule has 168 valence electrons. The van der Waals surface area contributed by atoms with E-state index >= 15 is 0 Å². The highest BCUT2D eigenvalue weighted by atomic mass is 32.1. The van der Waals surface area contributed by atoms with Crippen LogP contribution in [0.4, 0.5) is 4.39 Å². The van der Waals surface area contributed by atoms with Crippen molar-refractivity contribution in [3.63, 3.8) is 0 Å². The molecule has 1 aromatic heterocycles. The molecule has 1 fully saturated rings. The molecule has 2 aromatic carbocycles. The van der Waals surface area contributed by atoms with Gasteiger partial charge in [-0.3, -0.25) is 9.69 Å². The molecule has 7 heteroatoms. The van der Waals surface area contributed by atoms with E-state index < -0.39 is 0 Å². The van der Waals surface area contributed by atoms with Crippen LogP contribution in [0.15, 0.2) is 53.9 Å². The maximum Gasteiger partial charge on any atom is 0.226 e. The van der Waals surface area contributed by atoms with Crippen LogP contribution in [-0.2, 0) is 17.8 Å². The second kappa shape index (κ2) is 10.7. The van der Waals surface area contributed by atoms with E-state index in [1.807, 2.05) is 48.7 Å². The van der Waals surface area contributed by atoms with E-state index in [1.165, 1.54) is 23.5 Å². The van der Waals surface area contributed by atoms with Gasteiger partial charge in [0.25, 0.3) is 0 Å².